The minimum atomic E-state index is 0.241. The zero-order valence-electron chi connectivity index (χ0n) is 8.19. The van der Waals surface area contributed by atoms with E-state index in [4.69, 9.17) is 0 Å². The smallest absolute Gasteiger partial charge is 0.227 e. The molecule has 2 nitrogen and oxygen atoms in total. The quantitative estimate of drug-likeness (QED) is 0.705. The summed E-state index contributed by atoms with van der Waals surface area (Å²) in [5.74, 6) is 1.14. The van der Waals surface area contributed by atoms with Gasteiger partial charge in [0.25, 0.3) is 0 Å². The maximum absolute atomic E-state index is 11.7. The maximum Gasteiger partial charge on any atom is 0.227 e. The molecule has 0 atom stereocenters. The number of hydrogen-bond donors (Lipinski definition) is 0. The number of fused-ring (bicyclic) bond motifs is 1. The summed E-state index contributed by atoms with van der Waals surface area (Å²) in [5, 5.41) is 0. The zero-order valence-corrected chi connectivity index (χ0v) is 9.01. The van der Waals surface area contributed by atoms with E-state index in [2.05, 4.69) is 6.07 Å². The molecule has 1 aliphatic heterocycles. The van der Waals surface area contributed by atoms with Crippen molar-refractivity contribution in [2.45, 2.75) is 18.2 Å². The van der Waals surface area contributed by atoms with Crippen LogP contribution in [0.5, 0.6) is 0 Å². The average Bonchev–Trinajstić information content (AvgIpc) is 2.36. The lowest BCUT2D eigenvalue weighted by Gasteiger charge is -2.20. The Morgan fingerprint density at radius 2 is 2.21 bits per heavy atom. The molecule has 0 spiro atoms. The Morgan fingerprint density at radius 3 is 3.00 bits per heavy atom. The van der Waals surface area contributed by atoms with Gasteiger partial charge in [0, 0.05) is 23.6 Å². The van der Waals surface area contributed by atoms with Crippen LogP contribution in [0.3, 0.4) is 0 Å². The summed E-state index contributed by atoms with van der Waals surface area (Å²) in [6.07, 6.45) is 0.646. The van der Waals surface area contributed by atoms with E-state index < -0.39 is 0 Å². The van der Waals surface area contributed by atoms with Gasteiger partial charge < -0.3 is 4.90 Å². The fraction of sp³-hybridized carbons (Fsp3) is 0.364. The van der Waals surface area contributed by atoms with Gasteiger partial charge in [-0.2, -0.15) is 0 Å². The van der Waals surface area contributed by atoms with Crippen LogP contribution in [-0.2, 0) is 4.79 Å². The van der Waals surface area contributed by atoms with E-state index in [-0.39, 0.29) is 5.91 Å². The first-order valence-corrected chi connectivity index (χ1v) is 5.83. The summed E-state index contributed by atoms with van der Waals surface area (Å²) in [7, 11) is 0. The van der Waals surface area contributed by atoms with Gasteiger partial charge >= 0.3 is 0 Å². The van der Waals surface area contributed by atoms with Crippen molar-refractivity contribution >= 4 is 23.4 Å². The third-order valence-electron chi connectivity index (χ3n) is 2.35. The maximum atomic E-state index is 11.7. The molecule has 0 N–H and O–H groups in total. The third-order valence-corrected chi connectivity index (χ3v) is 3.41. The lowest BCUT2D eigenvalue weighted by Crippen LogP contribution is -2.29. The molecule has 1 amide bonds. The summed E-state index contributed by atoms with van der Waals surface area (Å²) in [6.45, 7) is 2.78. The summed E-state index contributed by atoms with van der Waals surface area (Å²) < 4.78 is 0. The molecule has 0 radical (unpaired) electrons. The van der Waals surface area contributed by atoms with Gasteiger partial charge in [-0.3, -0.25) is 4.79 Å². The number of thioether (sulfide) groups is 1. The number of benzene rings is 1. The first-order valence-electron chi connectivity index (χ1n) is 4.85. The Hall–Kier alpha value is -0.960. The van der Waals surface area contributed by atoms with Gasteiger partial charge in [0.05, 0.1) is 5.69 Å². The van der Waals surface area contributed by atoms with Gasteiger partial charge in [0.15, 0.2) is 0 Å². The highest BCUT2D eigenvalue weighted by molar-refractivity contribution is 7.99. The molecular weight excluding hydrogens is 194 g/mol. The van der Waals surface area contributed by atoms with Crippen LogP contribution < -0.4 is 4.90 Å². The van der Waals surface area contributed by atoms with Crippen molar-refractivity contribution in [2.75, 3.05) is 17.2 Å². The van der Waals surface area contributed by atoms with Crippen molar-refractivity contribution in [2.24, 2.45) is 0 Å². The van der Waals surface area contributed by atoms with Crippen LogP contribution in [0.1, 0.15) is 13.3 Å². The van der Waals surface area contributed by atoms with Gasteiger partial charge in [-0.1, -0.05) is 12.1 Å². The van der Waals surface area contributed by atoms with E-state index in [0.717, 1.165) is 18.0 Å². The predicted molar refractivity (Wildman–Crippen MR) is 59.8 cm³/mol. The largest absolute Gasteiger partial charge is 0.312 e. The molecule has 0 saturated carbocycles. The van der Waals surface area contributed by atoms with E-state index in [0.29, 0.717) is 6.42 Å². The first-order chi connectivity index (χ1) is 6.83. The molecule has 1 aromatic rings. The number of carbonyl (C=O) groups excluding carboxylic acids is 1. The van der Waals surface area contributed by atoms with Crippen LogP contribution in [0.4, 0.5) is 5.69 Å². The van der Waals surface area contributed by atoms with Crippen LogP contribution in [0, 0.1) is 0 Å². The predicted octanol–water partition coefficient (Wildman–Crippen LogP) is 2.54. The summed E-state index contributed by atoms with van der Waals surface area (Å²) in [4.78, 5) is 14.8. The minimum Gasteiger partial charge on any atom is -0.312 e. The molecule has 3 heteroatoms. The Morgan fingerprint density at radius 1 is 1.43 bits per heavy atom. The van der Waals surface area contributed by atoms with E-state index in [1.807, 2.05) is 30.0 Å². The summed E-state index contributed by atoms with van der Waals surface area (Å²) in [6, 6.07) is 8.12. The number of para-hydroxylation sites is 1. The van der Waals surface area contributed by atoms with Crippen molar-refractivity contribution in [1.82, 2.24) is 0 Å². The molecule has 74 valence electrons. The first kappa shape index (κ1) is 9.59. The summed E-state index contributed by atoms with van der Waals surface area (Å²) >= 11 is 1.77. The van der Waals surface area contributed by atoms with E-state index >= 15 is 0 Å². The fourth-order valence-electron chi connectivity index (χ4n) is 1.67. The highest BCUT2D eigenvalue weighted by atomic mass is 32.2. The molecule has 0 fully saturated rings. The summed E-state index contributed by atoms with van der Waals surface area (Å²) in [5.41, 5.74) is 1.07. The van der Waals surface area contributed by atoms with Gasteiger partial charge in [-0.25, -0.2) is 0 Å². The third kappa shape index (κ3) is 1.64. The number of carbonyl (C=O) groups is 1. The number of hydrogen-bond acceptors (Lipinski definition) is 2. The molecular formula is C11H13NOS. The molecule has 14 heavy (non-hydrogen) atoms. The molecule has 1 aliphatic rings. The highest BCUT2D eigenvalue weighted by Crippen LogP contribution is 2.33. The second-order valence-electron chi connectivity index (χ2n) is 3.20. The zero-order chi connectivity index (χ0) is 9.97. The lowest BCUT2D eigenvalue weighted by molar-refractivity contribution is -0.118. The highest BCUT2D eigenvalue weighted by Gasteiger charge is 2.20. The molecule has 2 rings (SSSR count). The Balaban J connectivity index is 2.44. The molecule has 0 unspecified atom stereocenters. The fourth-order valence-corrected chi connectivity index (χ4v) is 2.66. The van der Waals surface area contributed by atoms with Crippen LogP contribution >= 0.6 is 11.8 Å². The van der Waals surface area contributed by atoms with E-state index in [1.54, 1.807) is 11.8 Å². The monoisotopic (exact) mass is 207 g/mol. The topological polar surface area (TPSA) is 20.3 Å². The van der Waals surface area contributed by atoms with Crippen molar-refractivity contribution < 1.29 is 4.79 Å². The SMILES string of the molecule is CCN1C(=O)CCSc2ccccc21. The number of anilines is 1. The molecule has 1 heterocycles. The van der Waals surface area contributed by atoms with Gasteiger partial charge in [0.2, 0.25) is 5.91 Å². The number of nitrogens with zero attached hydrogens (tertiary/aromatic N) is 1. The molecule has 0 aliphatic carbocycles. The molecule has 1 aromatic carbocycles. The van der Waals surface area contributed by atoms with Gasteiger partial charge in [-0.05, 0) is 19.1 Å². The van der Waals surface area contributed by atoms with Crippen molar-refractivity contribution in [3.63, 3.8) is 0 Å². The minimum absolute atomic E-state index is 0.241. The number of rotatable bonds is 1. The Labute approximate surface area is 88.3 Å². The number of amides is 1. The van der Waals surface area contributed by atoms with Crippen LogP contribution in [0.2, 0.25) is 0 Å². The van der Waals surface area contributed by atoms with Gasteiger partial charge in [0.1, 0.15) is 0 Å². The van der Waals surface area contributed by atoms with Crippen LogP contribution in [0.25, 0.3) is 0 Å². The second-order valence-corrected chi connectivity index (χ2v) is 4.34. The second kappa shape index (κ2) is 4.05. The normalized spacial score (nSPS) is 16.4. The van der Waals surface area contributed by atoms with Crippen molar-refractivity contribution in [1.29, 1.82) is 0 Å². The van der Waals surface area contributed by atoms with Crippen LogP contribution in [-0.4, -0.2) is 18.2 Å². The van der Waals surface area contributed by atoms with Crippen molar-refractivity contribution in [3.8, 4) is 0 Å². The van der Waals surface area contributed by atoms with E-state index in [9.17, 15) is 4.79 Å². The van der Waals surface area contributed by atoms with Gasteiger partial charge in [-0.15, -0.1) is 11.8 Å². The average molecular weight is 207 g/mol. The Kier molecular flexibility index (Phi) is 2.77. The van der Waals surface area contributed by atoms with Crippen LogP contribution in [0.15, 0.2) is 29.2 Å². The lowest BCUT2D eigenvalue weighted by atomic mass is 10.2. The molecule has 0 aromatic heterocycles. The van der Waals surface area contributed by atoms with Crippen molar-refractivity contribution in [3.05, 3.63) is 24.3 Å². The molecule has 0 saturated heterocycles. The van der Waals surface area contributed by atoms with E-state index in [1.165, 1.54) is 4.90 Å². The Bertz CT molecular complexity index is 351. The molecule has 0 bridgehead atoms. The standard InChI is InChI=1S/C11H13NOS/c1-2-12-9-5-3-4-6-10(9)14-8-7-11(12)13/h3-6H,2,7-8H2,1H3.